The van der Waals surface area contributed by atoms with Gasteiger partial charge in [-0.15, -0.1) is 0 Å². The van der Waals surface area contributed by atoms with Crippen LogP contribution in [0.15, 0.2) is 17.0 Å². The lowest BCUT2D eigenvalue weighted by molar-refractivity contribution is -0.0328. The van der Waals surface area contributed by atoms with Crippen molar-refractivity contribution in [3.63, 3.8) is 0 Å². The molecule has 0 saturated carbocycles. The molecule has 78 valence electrons. The predicted octanol–water partition coefficient (Wildman–Crippen LogP) is 3.62. The molecular formula is C9H9F3OS. The summed E-state index contributed by atoms with van der Waals surface area (Å²) in [7, 11) is 0. The zero-order valence-corrected chi connectivity index (χ0v) is 8.46. The van der Waals surface area contributed by atoms with E-state index in [9.17, 15) is 13.2 Å². The zero-order chi connectivity index (χ0) is 10.9. The standard InChI is InChI=1S/C9H9F3OS/c1-5-3-7(13)4-6(2)8(5)14-9(10,11)12/h3-4,13H,1-2H3. The zero-order valence-electron chi connectivity index (χ0n) is 7.64. The number of hydrogen-bond donors (Lipinski definition) is 1. The highest BCUT2D eigenvalue weighted by Gasteiger charge is 2.30. The van der Waals surface area contributed by atoms with Gasteiger partial charge in [-0.2, -0.15) is 13.2 Å². The van der Waals surface area contributed by atoms with Crippen molar-refractivity contribution >= 4 is 11.8 Å². The summed E-state index contributed by atoms with van der Waals surface area (Å²) in [5.41, 5.74) is -3.42. The average Bonchev–Trinajstić information content (AvgIpc) is 1.95. The van der Waals surface area contributed by atoms with Gasteiger partial charge in [-0.1, -0.05) is 0 Å². The van der Waals surface area contributed by atoms with Crippen molar-refractivity contribution in [1.82, 2.24) is 0 Å². The molecule has 0 atom stereocenters. The highest BCUT2D eigenvalue weighted by atomic mass is 32.2. The molecule has 0 aromatic heterocycles. The first-order chi connectivity index (χ1) is 6.29. The Hall–Kier alpha value is -0.840. The molecule has 0 amide bonds. The second kappa shape index (κ2) is 3.73. The molecule has 5 heteroatoms. The Bertz CT molecular complexity index is 323. The van der Waals surface area contributed by atoms with Crippen LogP contribution in [-0.4, -0.2) is 10.6 Å². The lowest BCUT2D eigenvalue weighted by Gasteiger charge is -2.11. The van der Waals surface area contributed by atoms with Crippen molar-refractivity contribution in [2.24, 2.45) is 0 Å². The average molecular weight is 222 g/mol. The maximum absolute atomic E-state index is 12.1. The van der Waals surface area contributed by atoms with Crippen LogP contribution in [0.3, 0.4) is 0 Å². The largest absolute Gasteiger partial charge is 0.508 e. The first kappa shape index (κ1) is 11.2. The van der Waals surface area contributed by atoms with Gasteiger partial charge < -0.3 is 5.11 Å². The molecule has 0 heterocycles. The van der Waals surface area contributed by atoms with Crippen LogP contribution in [0, 0.1) is 13.8 Å². The number of thioether (sulfide) groups is 1. The van der Waals surface area contributed by atoms with Crippen molar-refractivity contribution in [3.8, 4) is 5.75 Å². The molecule has 0 aliphatic rings. The highest BCUT2D eigenvalue weighted by molar-refractivity contribution is 8.00. The van der Waals surface area contributed by atoms with Crippen molar-refractivity contribution < 1.29 is 18.3 Å². The van der Waals surface area contributed by atoms with E-state index in [0.29, 0.717) is 11.1 Å². The van der Waals surface area contributed by atoms with Crippen LogP contribution in [-0.2, 0) is 0 Å². The number of aryl methyl sites for hydroxylation is 2. The van der Waals surface area contributed by atoms with Gasteiger partial charge in [0.05, 0.1) is 0 Å². The summed E-state index contributed by atoms with van der Waals surface area (Å²) >= 11 is -0.148. The van der Waals surface area contributed by atoms with Crippen LogP contribution >= 0.6 is 11.8 Å². The van der Waals surface area contributed by atoms with Gasteiger partial charge >= 0.3 is 5.51 Å². The van der Waals surface area contributed by atoms with Crippen LogP contribution in [0.5, 0.6) is 5.75 Å². The summed E-state index contributed by atoms with van der Waals surface area (Å²) in [6.07, 6.45) is 0. The summed E-state index contributed by atoms with van der Waals surface area (Å²) in [4.78, 5) is 0.162. The molecule has 0 spiro atoms. The highest BCUT2D eigenvalue weighted by Crippen LogP contribution is 2.41. The number of phenols is 1. The van der Waals surface area contributed by atoms with Crippen molar-refractivity contribution in [1.29, 1.82) is 0 Å². The van der Waals surface area contributed by atoms with E-state index in [2.05, 4.69) is 0 Å². The van der Waals surface area contributed by atoms with Crippen LogP contribution < -0.4 is 0 Å². The Morgan fingerprint density at radius 1 is 1.14 bits per heavy atom. The molecule has 0 fully saturated rings. The molecule has 1 rings (SSSR count). The third-order valence-corrected chi connectivity index (χ3v) is 2.74. The summed E-state index contributed by atoms with van der Waals surface area (Å²) in [5.74, 6) is -0.00785. The Labute approximate surface area is 83.9 Å². The van der Waals surface area contributed by atoms with Gasteiger partial charge in [-0.05, 0) is 48.9 Å². The minimum Gasteiger partial charge on any atom is -0.508 e. The third kappa shape index (κ3) is 2.83. The van der Waals surface area contributed by atoms with E-state index in [-0.39, 0.29) is 22.4 Å². The molecule has 0 unspecified atom stereocenters. The second-order valence-corrected chi connectivity index (χ2v) is 4.03. The molecule has 1 nitrogen and oxygen atoms in total. The molecule has 1 N–H and O–H groups in total. The van der Waals surface area contributed by atoms with Crippen molar-refractivity contribution in [3.05, 3.63) is 23.3 Å². The molecular weight excluding hydrogens is 213 g/mol. The number of rotatable bonds is 1. The van der Waals surface area contributed by atoms with Gasteiger partial charge in [-0.3, -0.25) is 0 Å². The van der Waals surface area contributed by atoms with Gasteiger partial charge in [0.1, 0.15) is 5.75 Å². The van der Waals surface area contributed by atoms with Crippen molar-refractivity contribution in [2.45, 2.75) is 24.3 Å². The number of benzene rings is 1. The number of phenolic OH excluding ortho intramolecular Hbond substituents is 1. The maximum Gasteiger partial charge on any atom is 0.446 e. The summed E-state index contributed by atoms with van der Waals surface area (Å²) < 4.78 is 36.3. The molecule has 0 saturated heterocycles. The van der Waals surface area contributed by atoms with E-state index in [1.54, 1.807) is 13.8 Å². The second-order valence-electron chi connectivity index (χ2n) is 2.96. The molecule has 1 aromatic carbocycles. The quantitative estimate of drug-likeness (QED) is 0.732. The molecule has 14 heavy (non-hydrogen) atoms. The lowest BCUT2D eigenvalue weighted by Crippen LogP contribution is -2.01. The first-order valence-electron chi connectivity index (χ1n) is 3.85. The van der Waals surface area contributed by atoms with Crippen LogP contribution in [0.25, 0.3) is 0 Å². The summed E-state index contributed by atoms with van der Waals surface area (Å²) in [6.45, 7) is 3.08. The predicted molar refractivity (Wildman–Crippen MR) is 49.5 cm³/mol. The van der Waals surface area contributed by atoms with Gasteiger partial charge in [0, 0.05) is 4.90 Å². The third-order valence-electron chi connectivity index (χ3n) is 1.66. The van der Waals surface area contributed by atoms with E-state index < -0.39 is 5.51 Å². The maximum atomic E-state index is 12.1. The van der Waals surface area contributed by atoms with Gasteiger partial charge in [-0.25, -0.2) is 0 Å². The summed E-state index contributed by atoms with van der Waals surface area (Å²) in [6, 6.07) is 2.64. The minimum absolute atomic E-state index is 0.00785. The Morgan fingerprint density at radius 3 is 1.93 bits per heavy atom. The number of aromatic hydroxyl groups is 1. The molecule has 0 bridgehead atoms. The Balaban J connectivity index is 3.09. The Kier molecular flexibility index (Phi) is 2.99. The van der Waals surface area contributed by atoms with Crippen LogP contribution in [0.2, 0.25) is 0 Å². The minimum atomic E-state index is -4.29. The summed E-state index contributed by atoms with van der Waals surface area (Å²) in [5, 5.41) is 9.13. The fourth-order valence-corrected chi connectivity index (χ4v) is 1.88. The SMILES string of the molecule is Cc1cc(O)cc(C)c1SC(F)(F)F. The fourth-order valence-electron chi connectivity index (χ4n) is 1.20. The normalized spacial score (nSPS) is 11.8. The van der Waals surface area contributed by atoms with E-state index in [1.807, 2.05) is 0 Å². The molecule has 0 aliphatic carbocycles. The van der Waals surface area contributed by atoms with Gasteiger partial charge in [0.2, 0.25) is 0 Å². The van der Waals surface area contributed by atoms with E-state index in [0.717, 1.165) is 0 Å². The van der Waals surface area contributed by atoms with Gasteiger partial charge in [0.25, 0.3) is 0 Å². The topological polar surface area (TPSA) is 20.2 Å². The molecule has 0 radical (unpaired) electrons. The van der Waals surface area contributed by atoms with Crippen LogP contribution in [0.1, 0.15) is 11.1 Å². The van der Waals surface area contributed by atoms with Crippen molar-refractivity contribution in [2.75, 3.05) is 0 Å². The van der Waals surface area contributed by atoms with E-state index in [4.69, 9.17) is 5.11 Å². The van der Waals surface area contributed by atoms with E-state index in [1.165, 1.54) is 12.1 Å². The number of hydrogen-bond acceptors (Lipinski definition) is 2. The van der Waals surface area contributed by atoms with Crippen LogP contribution in [0.4, 0.5) is 13.2 Å². The fraction of sp³-hybridized carbons (Fsp3) is 0.333. The van der Waals surface area contributed by atoms with Gasteiger partial charge in [0.15, 0.2) is 0 Å². The Morgan fingerprint density at radius 2 is 1.57 bits per heavy atom. The number of alkyl halides is 3. The monoisotopic (exact) mass is 222 g/mol. The molecule has 1 aromatic rings. The van der Waals surface area contributed by atoms with E-state index >= 15 is 0 Å². The first-order valence-corrected chi connectivity index (χ1v) is 4.67. The number of halogens is 3. The lowest BCUT2D eigenvalue weighted by atomic mass is 10.1. The smallest absolute Gasteiger partial charge is 0.446 e. The molecule has 0 aliphatic heterocycles.